The van der Waals surface area contributed by atoms with Gasteiger partial charge in [0.1, 0.15) is 11.4 Å². The number of hydrogen-bond donors (Lipinski definition) is 0. The van der Waals surface area contributed by atoms with Crippen LogP contribution in [-0.4, -0.2) is 46.7 Å². The van der Waals surface area contributed by atoms with Crippen LogP contribution in [0.3, 0.4) is 0 Å². The molecule has 1 aliphatic rings. The predicted octanol–water partition coefficient (Wildman–Crippen LogP) is 4.30. The molecule has 0 spiro atoms. The van der Waals surface area contributed by atoms with Crippen molar-refractivity contribution in [2.45, 2.75) is 52.6 Å². The molecule has 0 unspecified atom stereocenters. The van der Waals surface area contributed by atoms with Crippen LogP contribution >= 0.6 is 0 Å². The van der Waals surface area contributed by atoms with Gasteiger partial charge in [-0.15, -0.1) is 0 Å². The second-order valence-corrected chi connectivity index (χ2v) is 8.67. The highest BCUT2D eigenvalue weighted by Gasteiger charge is 2.20. The zero-order valence-electron chi connectivity index (χ0n) is 17.6. The normalized spacial score (nSPS) is 16.1. The molecule has 1 saturated heterocycles. The van der Waals surface area contributed by atoms with Gasteiger partial charge in [0.15, 0.2) is 0 Å². The standard InChI is InChI=1S/C23H33N3O2/c1-18-7-5-6-8-21(18)27-17-19-9-12-26(13-10-19)14-11-20-15-24-16-22(25-20)28-23(2,3)4/h5-8,15-16,19H,9-14,17H2,1-4H3. The molecule has 5 nitrogen and oxygen atoms in total. The van der Waals surface area contributed by atoms with Crippen molar-refractivity contribution in [2.24, 2.45) is 5.92 Å². The third-order valence-corrected chi connectivity index (χ3v) is 5.03. The van der Waals surface area contributed by atoms with Crippen molar-refractivity contribution in [3.8, 4) is 11.6 Å². The van der Waals surface area contributed by atoms with Crippen LogP contribution in [0.5, 0.6) is 11.6 Å². The van der Waals surface area contributed by atoms with Gasteiger partial charge in [0.2, 0.25) is 5.88 Å². The molecular formula is C23H33N3O2. The van der Waals surface area contributed by atoms with Crippen molar-refractivity contribution < 1.29 is 9.47 Å². The largest absolute Gasteiger partial charge is 0.493 e. The summed E-state index contributed by atoms with van der Waals surface area (Å²) in [5, 5.41) is 0. The number of aryl methyl sites for hydroxylation is 1. The Kier molecular flexibility index (Phi) is 6.89. The highest BCUT2D eigenvalue weighted by molar-refractivity contribution is 5.31. The highest BCUT2D eigenvalue weighted by Crippen LogP contribution is 2.22. The smallest absolute Gasteiger partial charge is 0.233 e. The molecule has 0 amide bonds. The Bertz CT molecular complexity index is 750. The average Bonchev–Trinajstić information content (AvgIpc) is 2.65. The van der Waals surface area contributed by atoms with E-state index >= 15 is 0 Å². The highest BCUT2D eigenvalue weighted by atomic mass is 16.5. The van der Waals surface area contributed by atoms with Crippen molar-refractivity contribution in [3.63, 3.8) is 0 Å². The number of para-hydroxylation sites is 1. The first-order valence-electron chi connectivity index (χ1n) is 10.3. The van der Waals surface area contributed by atoms with Crippen LogP contribution in [0.1, 0.15) is 44.9 Å². The number of ether oxygens (including phenoxy) is 2. The molecule has 0 radical (unpaired) electrons. The minimum absolute atomic E-state index is 0.254. The van der Waals surface area contributed by atoms with Gasteiger partial charge in [-0.25, -0.2) is 4.98 Å². The van der Waals surface area contributed by atoms with E-state index < -0.39 is 0 Å². The van der Waals surface area contributed by atoms with Gasteiger partial charge in [0.05, 0.1) is 18.5 Å². The lowest BCUT2D eigenvalue weighted by Gasteiger charge is -2.31. The van der Waals surface area contributed by atoms with E-state index in [0.717, 1.165) is 44.1 Å². The fourth-order valence-electron chi connectivity index (χ4n) is 3.45. The fraction of sp³-hybridized carbons (Fsp3) is 0.565. The summed E-state index contributed by atoms with van der Waals surface area (Å²) in [6, 6.07) is 8.25. The number of aromatic nitrogens is 2. The topological polar surface area (TPSA) is 47.5 Å². The number of likely N-dealkylation sites (tertiary alicyclic amines) is 1. The lowest BCUT2D eigenvalue weighted by atomic mass is 9.97. The third-order valence-electron chi connectivity index (χ3n) is 5.03. The molecule has 0 bridgehead atoms. The molecule has 5 heteroatoms. The molecule has 152 valence electrons. The van der Waals surface area contributed by atoms with Gasteiger partial charge >= 0.3 is 0 Å². The van der Waals surface area contributed by atoms with Crippen LogP contribution in [0.15, 0.2) is 36.7 Å². The Morgan fingerprint density at radius 2 is 1.86 bits per heavy atom. The Hall–Kier alpha value is -2.14. The number of benzene rings is 1. The van der Waals surface area contributed by atoms with Crippen molar-refractivity contribution >= 4 is 0 Å². The summed E-state index contributed by atoms with van der Waals surface area (Å²) in [5.41, 5.74) is 1.95. The monoisotopic (exact) mass is 383 g/mol. The molecule has 0 saturated carbocycles. The summed E-state index contributed by atoms with van der Waals surface area (Å²) < 4.78 is 11.9. The molecular weight excluding hydrogens is 350 g/mol. The first-order chi connectivity index (χ1) is 13.4. The third kappa shape index (κ3) is 6.48. The van der Waals surface area contributed by atoms with Gasteiger partial charge < -0.3 is 14.4 Å². The van der Waals surface area contributed by atoms with Crippen molar-refractivity contribution in [1.82, 2.24) is 14.9 Å². The van der Waals surface area contributed by atoms with E-state index in [1.807, 2.05) is 33.0 Å². The van der Waals surface area contributed by atoms with E-state index in [1.54, 1.807) is 6.20 Å². The molecule has 0 N–H and O–H groups in total. The van der Waals surface area contributed by atoms with Gasteiger partial charge in [-0.2, -0.15) is 0 Å². The maximum atomic E-state index is 6.04. The van der Waals surface area contributed by atoms with Crippen LogP contribution in [-0.2, 0) is 6.42 Å². The summed E-state index contributed by atoms with van der Waals surface area (Å²) >= 11 is 0. The fourth-order valence-corrected chi connectivity index (χ4v) is 3.45. The van der Waals surface area contributed by atoms with Gasteiger partial charge in [-0.3, -0.25) is 4.98 Å². The molecule has 2 aromatic rings. The Labute approximate surface area is 169 Å². The molecule has 1 fully saturated rings. The van der Waals surface area contributed by atoms with Crippen LogP contribution in [0.2, 0.25) is 0 Å². The van der Waals surface area contributed by atoms with Crippen LogP contribution in [0, 0.1) is 12.8 Å². The Balaban J connectivity index is 1.40. The summed E-state index contributed by atoms with van der Waals surface area (Å²) in [7, 11) is 0. The average molecular weight is 384 g/mol. The lowest BCUT2D eigenvalue weighted by Crippen LogP contribution is -2.36. The van der Waals surface area contributed by atoms with Crippen molar-refractivity contribution in [1.29, 1.82) is 0 Å². The molecule has 2 heterocycles. The Morgan fingerprint density at radius 3 is 2.57 bits per heavy atom. The van der Waals surface area contributed by atoms with Gasteiger partial charge in [-0.05, 0) is 71.2 Å². The van der Waals surface area contributed by atoms with Crippen LogP contribution in [0.25, 0.3) is 0 Å². The molecule has 0 aliphatic carbocycles. The van der Waals surface area contributed by atoms with Gasteiger partial charge in [0.25, 0.3) is 0 Å². The van der Waals surface area contributed by atoms with Gasteiger partial charge in [-0.1, -0.05) is 18.2 Å². The van der Waals surface area contributed by atoms with E-state index in [1.165, 1.54) is 18.4 Å². The summed E-state index contributed by atoms with van der Waals surface area (Å²) in [4.78, 5) is 11.4. The molecule has 0 atom stereocenters. The molecule has 1 aromatic carbocycles. The summed E-state index contributed by atoms with van der Waals surface area (Å²) in [6.07, 6.45) is 6.81. The minimum Gasteiger partial charge on any atom is -0.493 e. The summed E-state index contributed by atoms with van der Waals surface area (Å²) in [5.74, 6) is 2.26. The maximum Gasteiger partial charge on any atom is 0.233 e. The first-order valence-corrected chi connectivity index (χ1v) is 10.3. The quantitative estimate of drug-likeness (QED) is 0.713. The minimum atomic E-state index is -0.254. The lowest BCUT2D eigenvalue weighted by molar-refractivity contribution is 0.122. The Morgan fingerprint density at radius 1 is 1.11 bits per heavy atom. The molecule has 1 aromatic heterocycles. The second-order valence-electron chi connectivity index (χ2n) is 8.67. The van der Waals surface area contributed by atoms with E-state index in [-0.39, 0.29) is 5.60 Å². The second kappa shape index (κ2) is 9.37. The number of piperidine rings is 1. The van der Waals surface area contributed by atoms with Crippen molar-refractivity contribution in [2.75, 3.05) is 26.2 Å². The number of hydrogen-bond acceptors (Lipinski definition) is 5. The molecule has 3 rings (SSSR count). The first kappa shape index (κ1) is 20.6. The SMILES string of the molecule is Cc1ccccc1OCC1CCN(CCc2cncc(OC(C)(C)C)n2)CC1. The van der Waals surface area contributed by atoms with E-state index in [0.29, 0.717) is 11.8 Å². The number of nitrogens with zero attached hydrogens (tertiary/aromatic N) is 3. The zero-order valence-corrected chi connectivity index (χ0v) is 17.6. The number of rotatable bonds is 7. The zero-order chi connectivity index (χ0) is 20.0. The van der Waals surface area contributed by atoms with Gasteiger partial charge in [0, 0.05) is 19.2 Å². The molecule has 1 aliphatic heterocycles. The molecule has 28 heavy (non-hydrogen) atoms. The van der Waals surface area contributed by atoms with Crippen LogP contribution < -0.4 is 9.47 Å². The van der Waals surface area contributed by atoms with E-state index in [4.69, 9.17) is 9.47 Å². The predicted molar refractivity (Wildman–Crippen MR) is 112 cm³/mol. The van der Waals surface area contributed by atoms with Crippen molar-refractivity contribution in [3.05, 3.63) is 47.9 Å². The van der Waals surface area contributed by atoms with E-state index in [2.05, 4.69) is 40.0 Å². The summed E-state index contributed by atoms with van der Waals surface area (Å²) in [6.45, 7) is 12.2. The maximum absolute atomic E-state index is 6.04. The van der Waals surface area contributed by atoms with Crippen LogP contribution in [0.4, 0.5) is 0 Å². The van der Waals surface area contributed by atoms with E-state index in [9.17, 15) is 0 Å².